The van der Waals surface area contributed by atoms with Crippen LogP contribution in [0.3, 0.4) is 0 Å². The molecule has 0 spiro atoms. The van der Waals surface area contributed by atoms with Gasteiger partial charge in [0.25, 0.3) is 0 Å². The summed E-state index contributed by atoms with van der Waals surface area (Å²) in [6.07, 6.45) is 5.60. The number of morpholine rings is 1. The summed E-state index contributed by atoms with van der Waals surface area (Å²) < 4.78 is 7.97. The third kappa shape index (κ3) is 2.65. The van der Waals surface area contributed by atoms with Gasteiger partial charge in [0.15, 0.2) is 5.82 Å². The molecule has 2 aliphatic heterocycles. The van der Waals surface area contributed by atoms with Crippen molar-refractivity contribution in [2.75, 3.05) is 31.1 Å². The maximum Gasteiger partial charge on any atom is 0.203 e. The lowest BCUT2D eigenvalue weighted by Crippen LogP contribution is -2.50. The maximum absolute atomic E-state index is 6.06. The first-order valence-electron chi connectivity index (χ1n) is 8.67. The van der Waals surface area contributed by atoms with Crippen LogP contribution in [0.25, 0.3) is 5.65 Å². The van der Waals surface area contributed by atoms with Gasteiger partial charge in [0.05, 0.1) is 18.8 Å². The van der Waals surface area contributed by atoms with E-state index in [1.54, 1.807) is 12.5 Å². The molecule has 0 N–H and O–H groups in total. The number of benzene rings is 1. The second-order valence-electron chi connectivity index (χ2n) is 6.65. The molecule has 0 radical (unpaired) electrons. The fourth-order valence-corrected chi connectivity index (χ4v) is 3.91. The maximum atomic E-state index is 6.06. The van der Waals surface area contributed by atoms with Crippen molar-refractivity contribution >= 4 is 11.5 Å². The van der Waals surface area contributed by atoms with Crippen molar-refractivity contribution in [2.24, 2.45) is 0 Å². The average Bonchev–Trinajstić information content (AvgIpc) is 3.29. The zero-order valence-electron chi connectivity index (χ0n) is 13.9. The minimum Gasteiger partial charge on any atom is -0.373 e. The Morgan fingerprint density at radius 3 is 3.00 bits per heavy atom. The van der Waals surface area contributed by atoms with Crippen molar-refractivity contribution in [2.45, 2.75) is 18.7 Å². The van der Waals surface area contributed by atoms with Gasteiger partial charge in [-0.2, -0.15) is 0 Å². The second-order valence-corrected chi connectivity index (χ2v) is 6.65. The van der Waals surface area contributed by atoms with Crippen LogP contribution in [-0.2, 0) is 11.3 Å². The Bertz CT molecular complexity index is 866. The van der Waals surface area contributed by atoms with Crippen LogP contribution in [0.1, 0.15) is 5.56 Å². The number of nitrogens with zero attached hydrogens (tertiary/aromatic N) is 6. The lowest BCUT2D eigenvalue weighted by Gasteiger charge is -2.36. The number of rotatable bonds is 3. The molecule has 128 valence electrons. The number of hydrogen-bond acceptors (Lipinski definition) is 6. The topological polar surface area (TPSA) is 58.8 Å². The van der Waals surface area contributed by atoms with Crippen molar-refractivity contribution in [1.29, 1.82) is 0 Å². The zero-order valence-corrected chi connectivity index (χ0v) is 13.9. The van der Waals surface area contributed by atoms with E-state index in [0.717, 1.165) is 44.3 Å². The van der Waals surface area contributed by atoms with Crippen LogP contribution in [-0.4, -0.2) is 62.9 Å². The van der Waals surface area contributed by atoms with Crippen LogP contribution >= 0.6 is 0 Å². The Kier molecular flexibility index (Phi) is 3.61. The van der Waals surface area contributed by atoms with Gasteiger partial charge >= 0.3 is 0 Å². The van der Waals surface area contributed by atoms with E-state index in [0.29, 0.717) is 6.04 Å². The first kappa shape index (κ1) is 14.8. The number of ether oxygens (including phenoxy) is 1. The fourth-order valence-electron chi connectivity index (χ4n) is 3.91. The molecule has 2 fully saturated rings. The van der Waals surface area contributed by atoms with Crippen molar-refractivity contribution in [3.05, 3.63) is 54.6 Å². The molecule has 0 unspecified atom stereocenters. The summed E-state index contributed by atoms with van der Waals surface area (Å²) in [5, 5.41) is 8.22. The summed E-state index contributed by atoms with van der Waals surface area (Å²) in [5.41, 5.74) is 2.15. The van der Waals surface area contributed by atoms with Crippen LogP contribution in [0, 0.1) is 0 Å². The first-order chi connectivity index (χ1) is 12.4. The Balaban J connectivity index is 1.39. The van der Waals surface area contributed by atoms with Crippen molar-refractivity contribution in [1.82, 2.24) is 24.5 Å². The Morgan fingerprint density at radius 2 is 2.08 bits per heavy atom. The normalized spacial score (nSPS) is 23.9. The lowest BCUT2D eigenvalue weighted by atomic mass is 10.1. The van der Waals surface area contributed by atoms with Gasteiger partial charge in [0.1, 0.15) is 6.33 Å². The summed E-state index contributed by atoms with van der Waals surface area (Å²) in [6.45, 7) is 4.45. The lowest BCUT2D eigenvalue weighted by molar-refractivity contribution is -0.0499. The highest BCUT2D eigenvalue weighted by molar-refractivity contribution is 5.64. The number of hydrogen-bond donors (Lipinski definition) is 0. The van der Waals surface area contributed by atoms with Gasteiger partial charge in [-0.25, -0.2) is 4.98 Å². The van der Waals surface area contributed by atoms with Gasteiger partial charge in [-0.3, -0.25) is 9.30 Å². The minimum atomic E-state index is 0.211. The molecule has 4 heterocycles. The van der Waals surface area contributed by atoms with Crippen LogP contribution in [0.5, 0.6) is 0 Å². The molecule has 2 atom stereocenters. The van der Waals surface area contributed by atoms with Crippen LogP contribution in [0.4, 0.5) is 5.82 Å². The minimum absolute atomic E-state index is 0.211. The van der Waals surface area contributed by atoms with Gasteiger partial charge in [-0.05, 0) is 5.56 Å². The van der Waals surface area contributed by atoms with E-state index in [-0.39, 0.29) is 6.10 Å². The predicted octanol–water partition coefficient (Wildman–Crippen LogP) is 1.21. The standard InChI is InChI=1S/C18H20N6O/c1-2-4-14(5-3-1)10-22-8-9-25-16-12-24(11-15(16)22)17-18-21-20-13-23(18)7-6-19-17/h1-7,13,15-16H,8-12H2/t15-,16+/m1/s1. The summed E-state index contributed by atoms with van der Waals surface area (Å²) in [6, 6.07) is 11.0. The molecule has 1 aromatic carbocycles. The average molecular weight is 336 g/mol. The van der Waals surface area contributed by atoms with Crippen molar-refractivity contribution in [3.63, 3.8) is 0 Å². The molecule has 3 aromatic rings. The van der Waals surface area contributed by atoms with Crippen molar-refractivity contribution in [3.8, 4) is 0 Å². The van der Waals surface area contributed by atoms with E-state index < -0.39 is 0 Å². The molecule has 7 nitrogen and oxygen atoms in total. The van der Waals surface area contributed by atoms with E-state index in [2.05, 4.69) is 55.3 Å². The van der Waals surface area contributed by atoms with E-state index in [1.807, 2.05) is 10.6 Å². The highest BCUT2D eigenvalue weighted by Crippen LogP contribution is 2.28. The molecular weight excluding hydrogens is 316 g/mol. The Morgan fingerprint density at radius 1 is 1.16 bits per heavy atom. The highest BCUT2D eigenvalue weighted by Gasteiger charge is 2.41. The smallest absolute Gasteiger partial charge is 0.203 e. The number of fused-ring (bicyclic) bond motifs is 2. The van der Waals surface area contributed by atoms with E-state index >= 15 is 0 Å². The molecule has 0 amide bonds. The molecule has 5 rings (SSSR count). The number of anilines is 1. The molecule has 0 saturated carbocycles. The largest absolute Gasteiger partial charge is 0.373 e. The molecule has 7 heteroatoms. The monoisotopic (exact) mass is 336 g/mol. The molecular formula is C18H20N6O. The summed E-state index contributed by atoms with van der Waals surface area (Å²) in [5.74, 6) is 0.887. The molecule has 0 aliphatic carbocycles. The van der Waals surface area contributed by atoms with E-state index in [1.165, 1.54) is 5.56 Å². The quantitative estimate of drug-likeness (QED) is 0.717. The van der Waals surface area contributed by atoms with Gasteiger partial charge in [0.2, 0.25) is 5.65 Å². The van der Waals surface area contributed by atoms with Crippen LogP contribution in [0.2, 0.25) is 0 Å². The predicted molar refractivity (Wildman–Crippen MR) is 93.4 cm³/mol. The number of aromatic nitrogens is 4. The summed E-state index contributed by atoms with van der Waals surface area (Å²) >= 11 is 0. The second kappa shape index (κ2) is 6.09. The fraction of sp³-hybridized carbons (Fsp3) is 0.389. The van der Waals surface area contributed by atoms with Crippen LogP contribution < -0.4 is 4.90 Å². The molecule has 2 saturated heterocycles. The summed E-state index contributed by atoms with van der Waals surface area (Å²) in [7, 11) is 0. The van der Waals surface area contributed by atoms with Crippen LogP contribution in [0.15, 0.2) is 49.1 Å². The van der Waals surface area contributed by atoms with Gasteiger partial charge in [-0.15, -0.1) is 10.2 Å². The zero-order chi connectivity index (χ0) is 16.6. The van der Waals surface area contributed by atoms with E-state index in [4.69, 9.17) is 4.74 Å². The van der Waals surface area contributed by atoms with Gasteiger partial charge in [-0.1, -0.05) is 30.3 Å². The third-order valence-corrected chi connectivity index (χ3v) is 5.14. The molecule has 0 bridgehead atoms. The SMILES string of the molecule is c1ccc(CN2CCO[C@H]3CN(c4nccn5cnnc45)C[C@H]32)cc1. The molecule has 2 aromatic heterocycles. The highest BCUT2D eigenvalue weighted by atomic mass is 16.5. The third-order valence-electron chi connectivity index (χ3n) is 5.14. The Labute approximate surface area is 145 Å². The molecule has 2 aliphatic rings. The Hall–Kier alpha value is -2.51. The molecule has 25 heavy (non-hydrogen) atoms. The van der Waals surface area contributed by atoms with Crippen molar-refractivity contribution < 1.29 is 4.74 Å². The summed E-state index contributed by atoms with van der Waals surface area (Å²) in [4.78, 5) is 9.37. The van der Waals surface area contributed by atoms with Gasteiger partial charge in [0, 0.05) is 38.6 Å². The van der Waals surface area contributed by atoms with E-state index in [9.17, 15) is 0 Å². The van der Waals surface area contributed by atoms with Gasteiger partial charge < -0.3 is 9.64 Å². The first-order valence-corrected chi connectivity index (χ1v) is 8.67.